The largest absolute Gasteiger partial charge is 0.465 e. The van der Waals surface area contributed by atoms with Crippen molar-refractivity contribution < 1.29 is 18.3 Å². The molecule has 0 aliphatic heterocycles. The van der Waals surface area contributed by atoms with Crippen LogP contribution in [0.3, 0.4) is 0 Å². The summed E-state index contributed by atoms with van der Waals surface area (Å²) in [6.45, 7) is 0. The van der Waals surface area contributed by atoms with Crippen molar-refractivity contribution in [1.82, 2.24) is 4.98 Å². The molecule has 0 fully saturated rings. The maximum absolute atomic E-state index is 13.8. The Morgan fingerprint density at radius 1 is 1.33 bits per heavy atom. The number of carbonyl (C=O) groups is 1. The van der Waals surface area contributed by atoms with E-state index in [2.05, 4.69) is 31.0 Å². The van der Waals surface area contributed by atoms with Crippen molar-refractivity contribution in [3.05, 3.63) is 51.1 Å². The normalized spacial score (nSPS) is 10.3. The van der Waals surface area contributed by atoms with Crippen molar-refractivity contribution >= 4 is 45.0 Å². The molecule has 1 aromatic heterocycles. The van der Waals surface area contributed by atoms with Gasteiger partial charge in [0.05, 0.1) is 12.8 Å². The Morgan fingerprint density at radius 2 is 2.05 bits per heavy atom. The standard InChI is InChI=1S/C13H8BrClF2N2O2/c1-21-13(20)7-5-9(17)11(15)19-12(7)18-10-3-2-6(14)4-8(10)16/h2-5H,1H3,(H,18,19). The molecule has 1 N–H and O–H groups in total. The van der Waals surface area contributed by atoms with E-state index in [1.807, 2.05) is 0 Å². The summed E-state index contributed by atoms with van der Waals surface area (Å²) in [4.78, 5) is 15.3. The third-order valence-corrected chi connectivity index (χ3v) is 3.28. The SMILES string of the molecule is COC(=O)c1cc(F)c(Cl)nc1Nc1ccc(Br)cc1F. The van der Waals surface area contributed by atoms with Gasteiger partial charge in [0.2, 0.25) is 0 Å². The highest BCUT2D eigenvalue weighted by Crippen LogP contribution is 2.27. The van der Waals surface area contributed by atoms with Crippen LogP contribution >= 0.6 is 27.5 Å². The first kappa shape index (κ1) is 15.7. The van der Waals surface area contributed by atoms with Crippen molar-refractivity contribution in [3.8, 4) is 0 Å². The minimum absolute atomic E-state index is 0.0542. The Balaban J connectivity index is 2.47. The lowest BCUT2D eigenvalue weighted by atomic mass is 10.2. The van der Waals surface area contributed by atoms with Crippen LogP contribution in [0, 0.1) is 11.6 Å². The highest BCUT2D eigenvalue weighted by atomic mass is 79.9. The molecule has 0 radical (unpaired) electrons. The second-order valence-electron chi connectivity index (χ2n) is 3.90. The van der Waals surface area contributed by atoms with Gasteiger partial charge in [-0.05, 0) is 24.3 Å². The molecule has 0 unspecified atom stereocenters. The summed E-state index contributed by atoms with van der Waals surface area (Å²) in [5.41, 5.74) is -0.139. The van der Waals surface area contributed by atoms with Gasteiger partial charge in [-0.2, -0.15) is 0 Å². The number of pyridine rings is 1. The Labute approximate surface area is 132 Å². The summed E-state index contributed by atoms with van der Waals surface area (Å²) in [5, 5.41) is 2.15. The number of methoxy groups -OCH3 is 1. The van der Waals surface area contributed by atoms with Crippen LogP contribution in [0.15, 0.2) is 28.7 Å². The fraction of sp³-hybridized carbons (Fsp3) is 0.0769. The van der Waals surface area contributed by atoms with Gasteiger partial charge in [0.25, 0.3) is 0 Å². The van der Waals surface area contributed by atoms with E-state index in [0.717, 1.165) is 13.2 Å². The van der Waals surface area contributed by atoms with Crippen molar-refractivity contribution in [2.75, 3.05) is 12.4 Å². The molecule has 4 nitrogen and oxygen atoms in total. The Hall–Kier alpha value is -1.73. The molecule has 0 spiro atoms. The van der Waals surface area contributed by atoms with Crippen LogP contribution in [-0.4, -0.2) is 18.1 Å². The van der Waals surface area contributed by atoms with E-state index in [1.54, 1.807) is 6.07 Å². The lowest BCUT2D eigenvalue weighted by Gasteiger charge is -2.11. The monoisotopic (exact) mass is 376 g/mol. The number of ether oxygens (including phenoxy) is 1. The number of nitrogens with one attached hydrogen (secondary N) is 1. The average Bonchev–Trinajstić information content (AvgIpc) is 2.44. The van der Waals surface area contributed by atoms with Crippen LogP contribution in [0.25, 0.3) is 0 Å². The Bertz CT molecular complexity index is 713. The van der Waals surface area contributed by atoms with Gasteiger partial charge in [-0.15, -0.1) is 0 Å². The van der Waals surface area contributed by atoms with Crippen LogP contribution < -0.4 is 5.32 Å². The van der Waals surface area contributed by atoms with Gasteiger partial charge in [0.15, 0.2) is 11.0 Å². The second-order valence-corrected chi connectivity index (χ2v) is 5.17. The molecule has 21 heavy (non-hydrogen) atoms. The van der Waals surface area contributed by atoms with E-state index in [4.69, 9.17) is 11.6 Å². The van der Waals surface area contributed by atoms with E-state index in [-0.39, 0.29) is 17.1 Å². The molecule has 8 heteroatoms. The summed E-state index contributed by atoms with van der Waals surface area (Å²) in [6.07, 6.45) is 0. The van der Waals surface area contributed by atoms with E-state index >= 15 is 0 Å². The molecule has 110 valence electrons. The minimum atomic E-state index is -0.876. The number of benzene rings is 1. The summed E-state index contributed by atoms with van der Waals surface area (Å²) in [5.74, 6) is -2.38. The first-order valence-electron chi connectivity index (χ1n) is 5.59. The first-order valence-corrected chi connectivity index (χ1v) is 6.76. The predicted octanol–water partition coefficient (Wildman–Crippen LogP) is 4.31. The number of aromatic nitrogens is 1. The highest BCUT2D eigenvalue weighted by Gasteiger charge is 2.18. The second kappa shape index (κ2) is 6.36. The molecule has 1 heterocycles. The summed E-state index contributed by atoms with van der Waals surface area (Å²) in [7, 11) is 1.14. The molecule has 2 aromatic rings. The number of rotatable bonds is 3. The van der Waals surface area contributed by atoms with Crippen LogP contribution in [0.4, 0.5) is 20.3 Å². The quantitative estimate of drug-likeness (QED) is 0.640. The number of nitrogens with zero attached hydrogens (tertiary/aromatic N) is 1. The maximum atomic E-state index is 13.8. The minimum Gasteiger partial charge on any atom is -0.465 e. The summed E-state index contributed by atoms with van der Waals surface area (Å²) >= 11 is 8.71. The molecule has 0 saturated carbocycles. The fourth-order valence-corrected chi connectivity index (χ4v) is 2.02. The van der Waals surface area contributed by atoms with E-state index in [0.29, 0.717) is 4.47 Å². The van der Waals surface area contributed by atoms with Crippen molar-refractivity contribution in [1.29, 1.82) is 0 Å². The van der Waals surface area contributed by atoms with Gasteiger partial charge in [0, 0.05) is 4.47 Å². The number of carbonyl (C=O) groups excluding carboxylic acids is 1. The van der Waals surface area contributed by atoms with Gasteiger partial charge >= 0.3 is 5.97 Å². The summed E-state index contributed by atoms with van der Waals surface area (Å²) < 4.78 is 32.3. The highest BCUT2D eigenvalue weighted by molar-refractivity contribution is 9.10. The van der Waals surface area contributed by atoms with Crippen molar-refractivity contribution in [2.45, 2.75) is 0 Å². The van der Waals surface area contributed by atoms with Crippen molar-refractivity contribution in [2.24, 2.45) is 0 Å². The third-order valence-electron chi connectivity index (χ3n) is 2.52. The van der Waals surface area contributed by atoms with Gasteiger partial charge in [-0.3, -0.25) is 0 Å². The molecule has 0 aliphatic rings. The number of halogens is 4. The van der Waals surface area contributed by atoms with E-state index in [1.165, 1.54) is 12.1 Å². The van der Waals surface area contributed by atoms with Crippen LogP contribution in [0.1, 0.15) is 10.4 Å². The third kappa shape index (κ3) is 3.48. The van der Waals surface area contributed by atoms with Crippen LogP contribution in [0.2, 0.25) is 5.15 Å². The molecular formula is C13H8BrClF2N2O2. The van der Waals surface area contributed by atoms with E-state index in [9.17, 15) is 13.6 Å². The van der Waals surface area contributed by atoms with Gasteiger partial charge in [-0.1, -0.05) is 27.5 Å². The zero-order valence-corrected chi connectivity index (χ0v) is 12.9. The number of hydrogen-bond acceptors (Lipinski definition) is 4. The van der Waals surface area contributed by atoms with Crippen LogP contribution in [0.5, 0.6) is 0 Å². The summed E-state index contributed by atoms with van der Waals surface area (Å²) in [6, 6.07) is 5.12. The molecule has 0 amide bonds. The number of esters is 1. The molecule has 0 saturated heterocycles. The fourth-order valence-electron chi connectivity index (χ4n) is 1.55. The topological polar surface area (TPSA) is 51.2 Å². The molecular weight excluding hydrogens is 370 g/mol. The van der Waals surface area contributed by atoms with E-state index < -0.39 is 22.8 Å². The number of anilines is 2. The van der Waals surface area contributed by atoms with Crippen molar-refractivity contribution in [3.63, 3.8) is 0 Å². The first-order chi connectivity index (χ1) is 9.92. The Morgan fingerprint density at radius 3 is 2.67 bits per heavy atom. The zero-order valence-electron chi connectivity index (χ0n) is 10.6. The Kier molecular flexibility index (Phi) is 4.74. The molecule has 0 atom stereocenters. The maximum Gasteiger partial charge on any atom is 0.341 e. The smallest absolute Gasteiger partial charge is 0.341 e. The van der Waals surface area contributed by atoms with Gasteiger partial charge in [-0.25, -0.2) is 18.6 Å². The molecule has 2 rings (SSSR count). The van der Waals surface area contributed by atoms with Crippen LogP contribution in [-0.2, 0) is 4.74 Å². The molecule has 0 aliphatic carbocycles. The lowest BCUT2D eigenvalue weighted by molar-refractivity contribution is 0.0601. The van der Waals surface area contributed by atoms with Gasteiger partial charge in [0.1, 0.15) is 17.2 Å². The lowest BCUT2D eigenvalue weighted by Crippen LogP contribution is -2.09. The molecule has 1 aromatic carbocycles. The van der Waals surface area contributed by atoms with Gasteiger partial charge < -0.3 is 10.1 Å². The molecule has 0 bridgehead atoms. The average molecular weight is 378 g/mol. The zero-order chi connectivity index (χ0) is 15.6. The predicted molar refractivity (Wildman–Crippen MR) is 77.9 cm³/mol. The number of hydrogen-bond donors (Lipinski definition) is 1.